The second-order valence-corrected chi connectivity index (χ2v) is 11.6. The normalized spacial score (nSPS) is 33.9. The first-order valence-corrected chi connectivity index (χ1v) is 14.0. The van der Waals surface area contributed by atoms with Gasteiger partial charge in [-0.25, -0.2) is 0 Å². The minimum Gasteiger partial charge on any atom is -0.461 e. The molecule has 4 aliphatic rings. The summed E-state index contributed by atoms with van der Waals surface area (Å²) in [5.41, 5.74) is -1.97. The number of carbonyl (C=O) groups is 3. The van der Waals surface area contributed by atoms with Gasteiger partial charge in [-0.3, -0.25) is 14.4 Å². The molecule has 1 aliphatic carbocycles. The summed E-state index contributed by atoms with van der Waals surface area (Å²) in [5.74, 6) is -2.64. The van der Waals surface area contributed by atoms with Crippen LogP contribution in [0, 0.1) is 17.8 Å². The van der Waals surface area contributed by atoms with E-state index in [2.05, 4.69) is 13.2 Å². The van der Waals surface area contributed by atoms with Crippen molar-refractivity contribution in [3.63, 3.8) is 0 Å². The summed E-state index contributed by atoms with van der Waals surface area (Å²) in [5, 5.41) is 10.4. The van der Waals surface area contributed by atoms with Gasteiger partial charge in [-0.2, -0.15) is 0 Å². The first-order chi connectivity index (χ1) is 17.7. The number of ether oxygens (including phenoxy) is 2. The van der Waals surface area contributed by atoms with Crippen molar-refractivity contribution >= 4 is 17.8 Å². The number of esters is 1. The lowest BCUT2D eigenvalue weighted by molar-refractivity contribution is -0.164. The van der Waals surface area contributed by atoms with Crippen molar-refractivity contribution in [1.82, 2.24) is 9.80 Å². The molecule has 3 saturated heterocycles. The van der Waals surface area contributed by atoms with Gasteiger partial charge in [0.2, 0.25) is 11.8 Å². The van der Waals surface area contributed by atoms with Crippen molar-refractivity contribution in [2.45, 2.75) is 101 Å². The molecule has 206 valence electrons. The Kier molecular flexibility index (Phi) is 8.19. The molecule has 4 fully saturated rings. The fourth-order valence-electron chi connectivity index (χ4n) is 7.61. The quantitative estimate of drug-likeness (QED) is 0.335. The average Bonchev–Trinajstić information content (AvgIpc) is 3.50. The molecule has 0 radical (unpaired) electrons. The van der Waals surface area contributed by atoms with Crippen LogP contribution in [-0.2, 0) is 23.9 Å². The van der Waals surface area contributed by atoms with Crippen molar-refractivity contribution in [3.8, 4) is 0 Å². The standard InChI is InChI=1S/C29H44N2O6/c1-6-16-30(20-12-10-9-11-13-20)26(34)24-29-15-14-28(8-3,37-29)23(27(35)36-17-7-2)22(29)25(33)31(24)21(18-32)19(4)5/h6-7,19-24,32H,1-2,8-18H2,3-5H3/t21-,22-,23+,24?,28-,29?/m0/s1. The van der Waals surface area contributed by atoms with E-state index in [-0.39, 0.29) is 37.0 Å². The highest BCUT2D eigenvalue weighted by atomic mass is 16.6. The van der Waals surface area contributed by atoms with Gasteiger partial charge in [0.05, 0.1) is 24.2 Å². The largest absolute Gasteiger partial charge is 0.461 e. The smallest absolute Gasteiger partial charge is 0.313 e. The monoisotopic (exact) mass is 516 g/mol. The van der Waals surface area contributed by atoms with Crippen molar-refractivity contribution < 1.29 is 29.0 Å². The summed E-state index contributed by atoms with van der Waals surface area (Å²) in [6.07, 6.45) is 9.99. The van der Waals surface area contributed by atoms with E-state index in [0.29, 0.717) is 25.8 Å². The first-order valence-electron chi connectivity index (χ1n) is 14.0. The van der Waals surface area contributed by atoms with Crippen molar-refractivity contribution in [1.29, 1.82) is 0 Å². The van der Waals surface area contributed by atoms with E-state index in [1.165, 1.54) is 6.08 Å². The zero-order valence-corrected chi connectivity index (χ0v) is 22.7. The molecule has 2 amide bonds. The van der Waals surface area contributed by atoms with Crippen molar-refractivity contribution in [2.24, 2.45) is 17.8 Å². The minimum absolute atomic E-state index is 0.0508. The van der Waals surface area contributed by atoms with Crippen LogP contribution in [0.5, 0.6) is 0 Å². The van der Waals surface area contributed by atoms with Crippen LogP contribution in [0.2, 0.25) is 0 Å². The number of likely N-dealkylation sites (tertiary alicyclic amines) is 1. The molecule has 0 aromatic heterocycles. The molecule has 1 N–H and O–H groups in total. The molecule has 37 heavy (non-hydrogen) atoms. The third-order valence-electron chi connectivity index (χ3n) is 9.39. The van der Waals surface area contributed by atoms with Gasteiger partial charge >= 0.3 is 5.97 Å². The highest BCUT2D eigenvalue weighted by Crippen LogP contribution is 2.65. The van der Waals surface area contributed by atoms with Gasteiger partial charge in [0, 0.05) is 12.6 Å². The molecule has 1 spiro atoms. The SMILES string of the molecule is C=CCOC(=O)[C@H]1[C@H]2C(=O)N([C@@H](CO)C(C)C)C(C(=O)N(CC=C)C3CCCCC3)C23CC[C@]1(CC)O3. The lowest BCUT2D eigenvalue weighted by Crippen LogP contribution is -2.61. The minimum atomic E-state index is -1.13. The Morgan fingerprint density at radius 1 is 1.22 bits per heavy atom. The molecule has 8 nitrogen and oxygen atoms in total. The topological polar surface area (TPSA) is 96.4 Å². The van der Waals surface area contributed by atoms with E-state index < -0.39 is 41.1 Å². The van der Waals surface area contributed by atoms with Gasteiger partial charge in [0.15, 0.2) is 0 Å². The van der Waals surface area contributed by atoms with Gasteiger partial charge in [-0.05, 0) is 38.0 Å². The summed E-state index contributed by atoms with van der Waals surface area (Å²) in [6.45, 7) is 13.5. The van der Waals surface area contributed by atoms with E-state index in [9.17, 15) is 19.5 Å². The van der Waals surface area contributed by atoms with E-state index in [1.807, 2.05) is 25.7 Å². The summed E-state index contributed by atoms with van der Waals surface area (Å²) >= 11 is 0. The molecule has 4 rings (SSSR count). The number of rotatable bonds is 11. The number of hydrogen-bond acceptors (Lipinski definition) is 6. The second-order valence-electron chi connectivity index (χ2n) is 11.6. The molecule has 1 saturated carbocycles. The predicted molar refractivity (Wildman–Crippen MR) is 139 cm³/mol. The van der Waals surface area contributed by atoms with Gasteiger partial charge in [0.1, 0.15) is 24.2 Å². The fourth-order valence-corrected chi connectivity index (χ4v) is 7.61. The third kappa shape index (κ3) is 4.34. The Bertz CT molecular complexity index is 914. The van der Waals surface area contributed by atoms with Crippen LogP contribution in [0.4, 0.5) is 0 Å². The number of fused-ring (bicyclic) bond motifs is 1. The molecule has 0 aromatic rings. The van der Waals surface area contributed by atoms with E-state index in [1.54, 1.807) is 11.0 Å². The predicted octanol–water partition coefficient (Wildman–Crippen LogP) is 3.23. The number of carbonyl (C=O) groups excluding carboxylic acids is 3. The first kappa shape index (κ1) is 27.8. The molecule has 2 unspecified atom stereocenters. The Morgan fingerprint density at radius 3 is 2.49 bits per heavy atom. The highest BCUT2D eigenvalue weighted by Gasteiger charge is 2.79. The van der Waals surface area contributed by atoms with Crippen LogP contribution < -0.4 is 0 Å². The van der Waals surface area contributed by atoms with Gasteiger partial charge in [-0.15, -0.1) is 6.58 Å². The average molecular weight is 517 g/mol. The summed E-state index contributed by atoms with van der Waals surface area (Å²) in [7, 11) is 0. The van der Waals surface area contributed by atoms with Crippen LogP contribution in [0.3, 0.4) is 0 Å². The Labute approximate surface area is 221 Å². The molecule has 3 heterocycles. The lowest BCUT2D eigenvalue weighted by Gasteiger charge is -2.43. The van der Waals surface area contributed by atoms with Crippen LogP contribution in [0.1, 0.15) is 72.1 Å². The van der Waals surface area contributed by atoms with Crippen LogP contribution in [0.25, 0.3) is 0 Å². The molecule has 8 heteroatoms. The fraction of sp³-hybridized carbons (Fsp3) is 0.759. The Balaban J connectivity index is 1.82. The third-order valence-corrected chi connectivity index (χ3v) is 9.39. The number of nitrogens with zero attached hydrogens (tertiary/aromatic N) is 2. The maximum atomic E-state index is 14.6. The second kappa shape index (κ2) is 10.9. The molecule has 0 aromatic carbocycles. The van der Waals surface area contributed by atoms with Crippen LogP contribution in [0.15, 0.2) is 25.3 Å². The van der Waals surface area contributed by atoms with E-state index in [0.717, 1.165) is 32.1 Å². The van der Waals surface area contributed by atoms with E-state index in [4.69, 9.17) is 9.47 Å². The lowest BCUT2D eigenvalue weighted by atomic mass is 9.65. The number of aliphatic hydroxyl groups is 1. The van der Waals surface area contributed by atoms with Gasteiger partial charge in [-0.1, -0.05) is 58.8 Å². The molecular formula is C29H44N2O6. The molecule has 2 bridgehead atoms. The van der Waals surface area contributed by atoms with Gasteiger partial charge in [0.25, 0.3) is 0 Å². The zero-order valence-electron chi connectivity index (χ0n) is 22.7. The number of aliphatic hydroxyl groups excluding tert-OH is 1. The maximum absolute atomic E-state index is 14.6. The Morgan fingerprint density at radius 2 is 1.92 bits per heavy atom. The molecular weight excluding hydrogens is 472 g/mol. The number of amides is 2. The van der Waals surface area contributed by atoms with Crippen molar-refractivity contribution in [2.75, 3.05) is 19.8 Å². The summed E-state index contributed by atoms with van der Waals surface area (Å²) in [4.78, 5) is 45.8. The molecule has 3 aliphatic heterocycles. The summed E-state index contributed by atoms with van der Waals surface area (Å²) < 4.78 is 12.3. The number of hydrogen-bond donors (Lipinski definition) is 1. The van der Waals surface area contributed by atoms with Crippen molar-refractivity contribution in [3.05, 3.63) is 25.3 Å². The summed E-state index contributed by atoms with van der Waals surface area (Å²) in [6, 6.07) is -1.40. The van der Waals surface area contributed by atoms with Crippen LogP contribution >= 0.6 is 0 Å². The van der Waals surface area contributed by atoms with Gasteiger partial charge < -0.3 is 24.4 Å². The molecule has 6 atom stereocenters. The van der Waals surface area contributed by atoms with Crippen LogP contribution in [-0.4, -0.2) is 81.8 Å². The Hall–Kier alpha value is -2.19. The maximum Gasteiger partial charge on any atom is 0.313 e. The van der Waals surface area contributed by atoms with E-state index >= 15 is 0 Å². The zero-order chi connectivity index (χ0) is 27.0. The highest BCUT2D eigenvalue weighted by molar-refractivity contribution is 5.99.